The van der Waals surface area contributed by atoms with Gasteiger partial charge in [-0.05, 0) is 24.5 Å². The standard InChI is InChI=1S/C21H25N3O3S.ClH/c25-21-15-22-12-14-24(21)18-9-6-13-23(16-18)28(26,27)20-11-5-4-10-19(20)17-7-2-1-3-8-17;/h1-5,7-8,10-11,18,22H,6,9,12-16H2;1H. The number of carbonyl (C=O) groups is 1. The van der Waals surface area contributed by atoms with Gasteiger partial charge in [0.1, 0.15) is 0 Å². The summed E-state index contributed by atoms with van der Waals surface area (Å²) in [4.78, 5) is 14.4. The van der Waals surface area contributed by atoms with Gasteiger partial charge < -0.3 is 10.2 Å². The van der Waals surface area contributed by atoms with Crippen molar-refractivity contribution in [3.63, 3.8) is 0 Å². The number of hydrogen-bond acceptors (Lipinski definition) is 4. The molecule has 2 aromatic rings. The number of carbonyl (C=O) groups excluding carboxylic acids is 1. The van der Waals surface area contributed by atoms with Crippen LogP contribution in [0.3, 0.4) is 0 Å². The molecule has 29 heavy (non-hydrogen) atoms. The summed E-state index contributed by atoms with van der Waals surface area (Å²) in [6.45, 7) is 2.57. The molecule has 0 aromatic heterocycles. The molecule has 6 nitrogen and oxygen atoms in total. The van der Waals surface area contributed by atoms with Gasteiger partial charge in [-0.1, -0.05) is 48.5 Å². The van der Waals surface area contributed by atoms with Gasteiger partial charge in [0, 0.05) is 37.8 Å². The molecule has 1 unspecified atom stereocenters. The van der Waals surface area contributed by atoms with Gasteiger partial charge in [0.15, 0.2) is 0 Å². The maximum atomic E-state index is 13.5. The smallest absolute Gasteiger partial charge is 0.243 e. The lowest BCUT2D eigenvalue weighted by Crippen LogP contribution is -2.57. The summed E-state index contributed by atoms with van der Waals surface area (Å²) in [5, 5.41) is 3.07. The number of halogens is 1. The summed E-state index contributed by atoms with van der Waals surface area (Å²) in [5.74, 6) is 0.0557. The zero-order chi connectivity index (χ0) is 19.6. The van der Waals surface area contributed by atoms with E-state index in [4.69, 9.17) is 0 Å². The highest BCUT2D eigenvalue weighted by atomic mass is 35.5. The fourth-order valence-corrected chi connectivity index (χ4v) is 5.82. The van der Waals surface area contributed by atoms with E-state index < -0.39 is 10.0 Å². The molecule has 1 N–H and O–H groups in total. The summed E-state index contributed by atoms with van der Waals surface area (Å²) in [6.07, 6.45) is 1.60. The molecule has 2 aliphatic heterocycles. The van der Waals surface area contributed by atoms with E-state index in [0.29, 0.717) is 36.6 Å². The van der Waals surface area contributed by atoms with Crippen LogP contribution in [0.1, 0.15) is 12.8 Å². The first-order valence-corrected chi connectivity index (χ1v) is 11.2. The van der Waals surface area contributed by atoms with Crippen LogP contribution in [0.25, 0.3) is 11.1 Å². The second-order valence-electron chi connectivity index (χ2n) is 7.29. The number of sulfonamides is 1. The van der Waals surface area contributed by atoms with Gasteiger partial charge in [0.25, 0.3) is 0 Å². The van der Waals surface area contributed by atoms with E-state index in [1.807, 2.05) is 47.4 Å². The van der Waals surface area contributed by atoms with Crippen molar-refractivity contribution in [2.45, 2.75) is 23.8 Å². The Labute approximate surface area is 178 Å². The number of nitrogens with zero attached hydrogens (tertiary/aromatic N) is 2. The molecule has 1 amide bonds. The van der Waals surface area contributed by atoms with E-state index in [-0.39, 0.29) is 24.4 Å². The molecule has 0 aliphatic carbocycles. The van der Waals surface area contributed by atoms with Crippen LogP contribution >= 0.6 is 12.4 Å². The lowest BCUT2D eigenvalue weighted by molar-refractivity contribution is -0.135. The van der Waals surface area contributed by atoms with Crippen molar-refractivity contribution in [1.82, 2.24) is 14.5 Å². The molecule has 0 bridgehead atoms. The Morgan fingerprint density at radius 1 is 0.966 bits per heavy atom. The Morgan fingerprint density at radius 3 is 2.45 bits per heavy atom. The van der Waals surface area contributed by atoms with Crippen LogP contribution in [0.15, 0.2) is 59.5 Å². The number of nitrogens with one attached hydrogen (secondary N) is 1. The first-order valence-electron chi connectivity index (χ1n) is 9.72. The van der Waals surface area contributed by atoms with Gasteiger partial charge in [0.05, 0.1) is 11.4 Å². The first-order chi connectivity index (χ1) is 13.6. The minimum absolute atomic E-state index is 0. The van der Waals surface area contributed by atoms with E-state index in [1.165, 1.54) is 0 Å². The predicted octanol–water partition coefficient (Wildman–Crippen LogP) is 2.36. The molecule has 4 rings (SSSR count). The molecule has 2 aromatic carbocycles. The van der Waals surface area contributed by atoms with Gasteiger partial charge in [0.2, 0.25) is 15.9 Å². The monoisotopic (exact) mass is 435 g/mol. The van der Waals surface area contributed by atoms with Gasteiger partial charge >= 0.3 is 0 Å². The maximum absolute atomic E-state index is 13.5. The summed E-state index contributed by atoms with van der Waals surface area (Å²) in [6, 6.07) is 16.7. The minimum Gasteiger partial charge on any atom is -0.336 e. The molecule has 8 heteroatoms. The molecule has 2 saturated heterocycles. The minimum atomic E-state index is -3.65. The Kier molecular flexibility index (Phi) is 6.95. The van der Waals surface area contributed by atoms with Crippen molar-refractivity contribution in [1.29, 1.82) is 0 Å². The Hall–Kier alpha value is -1.93. The van der Waals surface area contributed by atoms with Crippen LogP contribution in [-0.4, -0.2) is 62.3 Å². The molecule has 0 spiro atoms. The van der Waals surface area contributed by atoms with Crippen molar-refractivity contribution in [3.8, 4) is 11.1 Å². The number of benzene rings is 2. The zero-order valence-electron chi connectivity index (χ0n) is 16.2. The number of amides is 1. The van der Waals surface area contributed by atoms with Crippen LogP contribution in [0.2, 0.25) is 0 Å². The topological polar surface area (TPSA) is 69.7 Å². The quantitative estimate of drug-likeness (QED) is 0.800. The summed E-state index contributed by atoms with van der Waals surface area (Å²) in [7, 11) is -3.65. The molecule has 2 aliphatic rings. The Morgan fingerprint density at radius 2 is 1.69 bits per heavy atom. The number of piperidine rings is 1. The summed E-state index contributed by atoms with van der Waals surface area (Å²) < 4.78 is 28.6. The third kappa shape index (κ3) is 4.48. The van der Waals surface area contributed by atoms with E-state index in [0.717, 1.165) is 24.9 Å². The summed E-state index contributed by atoms with van der Waals surface area (Å²) >= 11 is 0. The third-order valence-electron chi connectivity index (χ3n) is 5.52. The Balaban J connectivity index is 0.00000240. The molecule has 0 radical (unpaired) electrons. The first kappa shape index (κ1) is 21.8. The second kappa shape index (κ2) is 9.26. The van der Waals surface area contributed by atoms with Crippen molar-refractivity contribution in [2.24, 2.45) is 0 Å². The van der Waals surface area contributed by atoms with Crippen LogP contribution in [-0.2, 0) is 14.8 Å². The number of hydrogen-bond donors (Lipinski definition) is 1. The molecular formula is C21H26ClN3O3S. The van der Waals surface area contributed by atoms with Gasteiger partial charge in [-0.3, -0.25) is 4.79 Å². The van der Waals surface area contributed by atoms with Gasteiger partial charge in [-0.15, -0.1) is 12.4 Å². The molecule has 2 heterocycles. The predicted molar refractivity (Wildman–Crippen MR) is 115 cm³/mol. The fourth-order valence-electron chi connectivity index (χ4n) is 4.09. The molecular weight excluding hydrogens is 410 g/mol. The van der Waals surface area contributed by atoms with E-state index in [1.54, 1.807) is 16.4 Å². The largest absolute Gasteiger partial charge is 0.336 e. The van der Waals surface area contributed by atoms with E-state index >= 15 is 0 Å². The average molecular weight is 436 g/mol. The molecule has 2 fully saturated rings. The van der Waals surface area contributed by atoms with E-state index in [2.05, 4.69) is 5.32 Å². The van der Waals surface area contributed by atoms with Crippen molar-refractivity contribution >= 4 is 28.3 Å². The van der Waals surface area contributed by atoms with Gasteiger partial charge in [-0.25, -0.2) is 8.42 Å². The fraction of sp³-hybridized carbons (Fsp3) is 0.381. The van der Waals surface area contributed by atoms with Crippen molar-refractivity contribution in [2.75, 3.05) is 32.7 Å². The average Bonchev–Trinajstić information content (AvgIpc) is 2.75. The number of piperazine rings is 1. The van der Waals surface area contributed by atoms with Crippen molar-refractivity contribution < 1.29 is 13.2 Å². The number of rotatable bonds is 4. The SMILES string of the molecule is Cl.O=C1CNCCN1C1CCCN(S(=O)(=O)c2ccccc2-c2ccccc2)C1. The zero-order valence-corrected chi connectivity index (χ0v) is 17.8. The van der Waals surface area contributed by atoms with Gasteiger partial charge in [-0.2, -0.15) is 4.31 Å². The molecule has 0 saturated carbocycles. The molecule has 1 atom stereocenters. The van der Waals surface area contributed by atoms with Crippen LogP contribution in [0.4, 0.5) is 0 Å². The molecule has 156 valence electrons. The van der Waals surface area contributed by atoms with Crippen molar-refractivity contribution in [3.05, 3.63) is 54.6 Å². The lowest BCUT2D eigenvalue weighted by atomic mass is 10.1. The van der Waals surface area contributed by atoms with E-state index in [9.17, 15) is 13.2 Å². The highest BCUT2D eigenvalue weighted by molar-refractivity contribution is 7.89. The summed E-state index contributed by atoms with van der Waals surface area (Å²) in [5.41, 5.74) is 1.59. The van der Waals surface area contributed by atoms with Crippen LogP contribution in [0.5, 0.6) is 0 Å². The second-order valence-corrected chi connectivity index (χ2v) is 9.19. The van der Waals surface area contributed by atoms with Crippen LogP contribution in [0, 0.1) is 0 Å². The normalized spacial score (nSPS) is 20.9. The Bertz CT molecular complexity index is 953. The van der Waals surface area contributed by atoms with Crippen LogP contribution < -0.4 is 5.32 Å². The highest BCUT2D eigenvalue weighted by Crippen LogP contribution is 2.31. The highest BCUT2D eigenvalue weighted by Gasteiger charge is 2.36. The lowest BCUT2D eigenvalue weighted by Gasteiger charge is -2.40. The third-order valence-corrected chi connectivity index (χ3v) is 7.44. The maximum Gasteiger partial charge on any atom is 0.243 e.